The van der Waals surface area contributed by atoms with E-state index in [1.807, 2.05) is 42.0 Å². The number of hydrogen-bond acceptors (Lipinski definition) is 2. The van der Waals surface area contributed by atoms with Crippen molar-refractivity contribution in [2.75, 3.05) is 0 Å². The van der Waals surface area contributed by atoms with Crippen molar-refractivity contribution < 1.29 is 9.36 Å². The van der Waals surface area contributed by atoms with E-state index in [9.17, 15) is 4.79 Å². The van der Waals surface area contributed by atoms with Gasteiger partial charge in [-0.2, -0.15) is 9.83 Å². The predicted molar refractivity (Wildman–Crippen MR) is 66.9 cm³/mol. The molecule has 0 saturated heterocycles. The van der Waals surface area contributed by atoms with Gasteiger partial charge in [0.05, 0.1) is 11.6 Å². The average Bonchev–Trinajstić information content (AvgIpc) is 2.41. The summed E-state index contributed by atoms with van der Waals surface area (Å²) in [5.74, 6) is 0.00593. The molecule has 0 bridgehead atoms. The van der Waals surface area contributed by atoms with Crippen LogP contribution < -0.4 is 4.57 Å². The van der Waals surface area contributed by atoms with Crippen LogP contribution in [-0.2, 0) is 6.54 Å². The fourth-order valence-corrected chi connectivity index (χ4v) is 1.75. The molecule has 2 rings (SSSR count). The number of carbonyl (C=O) groups excluding carboxylic acids is 1. The number of benzene rings is 1. The highest BCUT2D eigenvalue weighted by molar-refractivity contribution is 5.95. The van der Waals surface area contributed by atoms with Crippen molar-refractivity contribution in [2.45, 2.75) is 13.5 Å². The molecule has 3 heteroatoms. The number of rotatable bonds is 3. The fraction of sp³-hybridized carbons (Fsp3) is 0.133. The number of pyridine rings is 1. The summed E-state index contributed by atoms with van der Waals surface area (Å²) in [5, 5.41) is 8.81. The normalized spacial score (nSPS) is 9.78. The first kappa shape index (κ1) is 12.0. The SMILES string of the molecule is Cc1cccc[n+]1CC(=O)c1cccc(C#N)c1. The molecule has 0 radical (unpaired) electrons. The molecule has 0 saturated carbocycles. The van der Waals surface area contributed by atoms with Crippen LogP contribution in [0.4, 0.5) is 0 Å². The predicted octanol–water partition coefficient (Wildman–Crippen LogP) is 2.04. The second-order valence-electron chi connectivity index (χ2n) is 4.09. The first-order chi connectivity index (χ1) is 8.70. The molecule has 0 N–H and O–H groups in total. The number of hydrogen-bond donors (Lipinski definition) is 0. The maximum Gasteiger partial charge on any atom is 0.227 e. The molecule has 18 heavy (non-hydrogen) atoms. The van der Waals surface area contributed by atoms with E-state index in [1.54, 1.807) is 24.3 Å². The summed E-state index contributed by atoms with van der Waals surface area (Å²) in [5.41, 5.74) is 2.11. The van der Waals surface area contributed by atoms with Crippen LogP contribution in [0.3, 0.4) is 0 Å². The number of carbonyl (C=O) groups is 1. The Morgan fingerprint density at radius 1 is 1.28 bits per heavy atom. The molecule has 0 aliphatic heterocycles. The number of nitriles is 1. The zero-order valence-corrected chi connectivity index (χ0v) is 10.1. The minimum Gasteiger partial charge on any atom is -0.287 e. The Hall–Kier alpha value is -2.47. The number of ketones is 1. The van der Waals surface area contributed by atoms with Crippen LogP contribution in [-0.4, -0.2) is 5.78 Å². The van der Waals surface area contributed by atoms with Crippen molar-refractivity contribution in [2.24, 2.45) is 0 Å². The van der Waals surface area contributed by atoms with Gasteiger partial charge in [0.25, 0.3) is 0 Å². The van der Waals surface area contributed by atoms with E-state index in [1.165, 1.54) is 0 Å². The van der Waals surface area contributed by atoms with E-state index in [4.69, 9.17) is 5.26 Å². The van der Waals surface area contributed by atoms with Crippen LogP contribution in [0.25, 0.3) is 0 Å². The molecule has 0 unspecified atom stereocenters. The smallest absolute Gasteiger partial charge is 0.227 e. The first-order valence-corrected chi connectivity index (χ1v) is 5.69. The van der Waals surface area contributed by atoms with Gasteiger partial charge in [0.1, 0.15) is 0 Å². The molecule has 88 valence electrons. The number of aryl methyl sites for hydroxylation is 1. The zero-order valence-electron chi connectivity index (χ0n) is 10.1. The van der Waals surface area contributed by atoms with Crippen molar-refractivity contribution in [3.8, 4) is 6.07 Å². The summed E-state index contributed by atoms with van der Waals surface area (Å²) < 4.78 is 1.89. The summed E-state index contributed by atoms with van der Waals surface area (Å²) >= 11 is 0. The monoisotopic (exact) mass is 237 g/mol. The Kier molecular flexibility index (Phi) is 3.49. The van der Waals surface area contributed by atoms with E-state index in [0.29, 0.717) is 17.7 Å². The van der Waals surface area contributed by atoms with Crippen molar-refractivity contribution in [3.05, 3.63) is 65.5 Å². The van der Waals surface area contributed by atoms with E-state index in [2.05, 4.69) is 0 Å². The molecule has 0 amide bonds. The minimum absolute atomic E-state index is 0.00593. The maximum absolute atomic E-state index is 12.1. The van der Waals surface area contributed by atoms with E-state index in [0.717, 1.165) is 5.69 Å². The third kappa shape index (κ3) is 2.61. The van der Waals surface area contributed by atoms with Crippen LogP contribution in [0.1, 0.15) is 21.6 Å². The van der Waals surface area contributed by atoms with Crippen LogP contribution in [0.15, 0.2) is 48.7 Å². The zero-order chi connectivity index (χ0) is 13.0. The van der Waals surface area contributed by atoms with Crippen molar-refractivity contribution in [3.63, 3.8) is 0 Å². The minimum atomic E-state index is 0.00593. The average molecular weight is 237 g/mol. The van der Waals surface area contributed by atoms with E-state index < -0.39 is 0 Å². The highest BCUT2D eigenvalue weighted by Crippen LogP contribution is 2.05. The third-order valence-corrected chi connectivity index (χ3v) is 2.80. The second-order valence-corrected chi connectivity index (χ2v) is 4.09. The Labute approximate surface area is 106 Å². The molecule has 1 aromatic heterocycles. The lowest BCUT2D eigenvalue weighted by Crippen LogP contribution is -2.40. The van der Waals surface area contributed by atoms with Gasteiger partial charge >= 0.3 is 0 Å². The summed E-state index contributed by atoms with van der Waals surface area (Å²) in [6.07, 6.45) is 1.88. The van der Waals surface area contributed by atoms with Crippen molar-refractivity contribution in [1.29, 1.82) is 5.26 Å². The summed E-state index contributed by atoms with van der Waals surface area (Å²) in [4.78, 5) is 12.1. The highest BCUT2D eigenvalue weighted by atomic mass is 16.1. The molecule has 0 spiro atoms. The Balaban J connectivity index is 2.23. The van der Waals surface area contributed by atoms with Gasteiger partial charge in [0, 0.05) is 24.6 Å². The summed E-state index contributed by atoms with van der Waals surface area (Å²) in [6.45, 7) is 2.25. The van der Waals surface area contributed by atoms with Gasteiger partial charge in [-0.25, -0.2) is 0 Å². The van der Waals surface area contributed by atoms with Gasteiger partial charge in [-0.1, -0.05) is 18.2 Å². The quantitative estimate of drug-likeness (QED) is 0.605. The molecular weight excluding hydrogens is 224 g/mol. The van der Waals surface area contributed by atoms with Crippen LogP contribution in [0.5, 0.6) is 0 Å². The largest absolute Gasteiger partial charge is 0.287 e. The molecule has 3 nitrogen and oxygen atoms in total. The van der Waals surface area contributed by atoms with Crippen LogP contribution >= 0.6 is 0 Å². The summed E-state index contributed by atoms with van der Waals surface area (Å²) in [7, 11) is 0. The number of Topliss-reactive ketones (excluding diaryl/α,β-unsaturated/α-hetero) is 1. The summed E-state index contributed by atoms with van der Waals surface area (Å²) in [6, 6.07) is 14.6. The van der Waals surface area contributed by atoms with Gasteiger partial charge in [0.15, 0.2) is 11.9 Å². The molecule has 2 aromatic rings. The molecule has 0 aliphatic carbocycles. The van der Waals surface area contributed by atoms with E-state index >= 15 is 0 Å². The standard InChI is InChI=1S/C15H13N2O/c1-12-5-2-3-8-17(12)11-15(18)14-7-4-6-13(9-14)10-16/h2-9H,11H2,1H3/q+1. The number of aromatic nitrogens is 1. The van der Waals surface area contributed by atoms with E-state index in [-0.39, 0.29) is 5.78 Å². The Morgan fingerprint density at radius 3 is 2.83 bits per heavy atom. The third-order valence-electron chi connectivity index (χ3n) is 2.80. The fourth-order valence-electron chi connectivity index (χ4n) is 1.75. The maximum atomic E-state index is 12.1. The number of nitrogens with zero attached hydrogens (tertiary/aromatic N) is 2. The topological polar surface area (TPSA) is 44.7 Å². The Bertz CT molecular complexity index is 626. The lowest BCUT2D eigenvalue weighted by molar-refractivity contribution is -0.689. The molecule has 1 heterocycles. The van der Waals surface area contributed by atoms with Crippen LogP contribution in [0, 0.1) is 18.3 Å². The highest BCUT2D eigenvalue weighted by Gasteiger charge is 2.14. The van der Waals surface area contributed by atoms with Gasteiger partial charge in [-0.05, 0) is 12.1 Å². The molecular formula is C15H13N2O+. The van der Waals surface area contributed by atoms with Gasteiger partial charge in [0.2, 0.25) is 12.3 Å². The first-order valence-electron chi connectivity index (χ1n) is 5.69. The lowest BCUT2D eigenvalue weighted by atomic mass is 10.1. The molecule has 0 fully saturated rings. The van der Waals surface area contributed by atoms with Crippen molar-refractivity contribution in [1.82, 2.24) is 0 Å². The lowest BCUT2D eigenvalue weighted by Gasteiger charge is -2.00. The van der Waals surface area contributed by atoms with Crippen LogP contribution in [0.2, 0.25) is 0 Å². The van der Waals surface area contributed by atoms with Gasteiger partial charge < -0.3 is 0 Å². The Morgan fingerprint density at radius 2 is 2.11 bits per heavy atom. The van der Waals surface area contributed by atoms with Gasteiger partial charge in [-0.3, -0.25) is 4.79 Å². The second kappa shape index (κ2) is 5.24. The molecule has 0 aliphatic rings. The molecule has 1 aromatic carbocycles. The molecule has 0 atom stereocenters. The van der Waals surface area contributed by atoms with Crippen molar-refractivity contribution >= 4 is 5.78 Å². The van der Waals surface area contributed by atoms with Gasteiger partial charge in [-0.15, -0.1) is 0 Å².